The maximum absolute atomic E-state index is 12.5. The molecule has 0 spiro atoms. The smallest absolute Gasteiger partial charge is 0.311 e. The fourth-order valence-electron chi connectivity index (χ4n) is 4.82. The number of esters is 4. The summed E-state index contributed by atoms with van der Waals surface area (Å²) in [6, 6.07) is 10.7. The van der Waals surface area contributed by atoms with Crippen LogP contribution in [0.25, 0.3) is 0 Å². The Morgan fingerprint density at radius 3 is 0.957 bits per heavy atom. The van der Waals surface area contributed by atoms with Crippen molar-refractivity contribution in [2.75, 3.05) is 0 Å². The molecule has 2 aromatic carbocycles. The molecular formula is C38H54O8. The van der Waals surface area contributed by atoms with Gasteiger partial charge in [-0.15, -0.1) is 0 Å². The molecule has 0 N–H and O–H groups in total. The van der Waals surface area contributed by atoms with Gasteiger partial charge in [0, 0.05) is 25.7 Å². The van der Waals surface area contributed by atoms with E-state index in [1.165, 1.54) is 0 Å². The third-order valence-corrected chi connectivity index (χ3v) is 7.30. The van der Waals surface area contributed by atoms with Crippen molar-refractivity contribution in [2.45, 2.75) is 108 Å². The minimum atomic E-state index is -0.377. The van der Waals surface area contributed by atoms with E-state index < -0.39 is 0 Å². The van der Waals surface area contributed by atoms with Crippen LogP contribution in [0.5, 0.6) is 23.0 Å². The first-order chi connectivity index (χ1) is 21.5. The van der Waals surface area contributed by atoms with Gasteiger partial charge in [-0.3, -0.25) is 19.2 Å². The molecular weight excluding hydrogens is 584 g/mol. The predicted octanol–water partition coefficient (Wildman–Crippen LogP) is 8.55. The maximum atomic E-state index is 12.5. The normalized spacial score (nSPS) is 12.7. The highest BCUT2D eigenvalue weighted by molar-refractivity contribution is 5.77. The van der Waals surface area contributed by atoms with Crippen molar-refractivity contribution in [3.8, 4) is 23.0 Å². The van der Waals surface area contributed by atoms with Crippen LogP contribution in [-0.4, -0.2) is 23.9 Å². The van der Waals surface area contributed by atoms with Gasteiger partial charge in [0.05, 0.1) is 0 Å². The Bertz CT molecular complexity index is 1220. The third kappa shape index (κ3) is 14.2. The maximum Gasteiger partial charge on any atom is 0.311 e. The zero-order chi connectivity index (χ0) is 34.6. The van der Waals surface area contributed by atoms with Crippen molar-refractivity contribution >= 4 is 23.9 Å². The van der Waals surface area contributed by atoms with Gasteiger partial charge < -0.3 is 18.9 Å². The highest BCUT2D eigenvalue weighted by atomic mass is 16.6. The van der Waals surface area contributed by atoms with Crippen LogP contribution in [0.2, 0.25) is 0 Å². The summed E-state index contributed by atoms with van der Waals surface area (Å²) in [6.07, 6.45) is 2.41. The summed E-state index contributed by atoms with van der Waals surface area (Å²) < 4.78 is 22.5. The Kier molecular flexibility index (Phi) is 15.5. The third-order valence-electron chi connectivity index (χ3n) is 7.30. The molecule has 0 aliphatic rings. The number of rotatable bonds is 17. The summed E-state index contributed by atoms with van der Waals surface area (Å²) in [5, 5.41) is 0. The molecule has 0 saturated heterocycles. The Morgan fingerprint density at radius 2 is 0.696 bits per heavy atom. The van der Waals surface area contributed by atoms with E-state index in [0.717, 1.165) is 11.1 Å². The highest BCUT2D eigenvalue weighted by Crippen LogP contribution is 2.34. The van der Waals surface area contributed by atoms with Gasteiger partial charge in [0.15, 0.2) is 23.0 Å². The van der Waals surface area contributed by atoms with E-state index in [1.54, 1.807) is 24.3 Å². The Morgan fingerprint density at radius 1 is 0.435 bits per heavy atom. The molecule has 0 fully saturated rings. The van der Waals surface area contributed by atoms with Crippen LogP contribution in [0.1, 0.15) is 106 Å². The monoisotopic (exact) mass is 638 g/mol. The van der Waals surface area contributed by atoms with Crippen LogP contribution in [0.3, 0.4) is 0 Å². The summed E-state index contributed by atoms with van der Waals surface area (Å²) in [5.41, 5.74) is 1.90. The summed E-state index contributed by atoms with van der Waals surface area (Å²) in [6.45, 7) is 19.8. The summed E-state index contributed by atoms with van der Waals surface area (Å²) in [7, 11) is 0. The van der Waals surface area contributed by atoms with Crippen LogP contribution in [0.15, 0.2) is 36.4 Å². The van der Waals surface area contributed by atoms with Gasteiger partial charge in [0.1, 0.15) is 0 Å². The quantitative estimate of drug-likeness (QED) is 0.125. The topological polar surface area (TPSA) is 105 Å². The highest BCUT2D eigenvalue weighted by Gasteiger charge is 2.21. The van der Waals surface area contributed by atoms with Gasteiger partial charge in [-0.1, -0.05) is 81.4 Å². The zero-order valence-corrected chi connectivity index (χ0v) is 29.4. The van der Waals surface area contributed by atoms with Crippen LogP contribution in [0, 0.1) is 35.5 Å². The fourth-order valence-corrected chi connectivity index (χ4v) is 4.82. The standard InChI is InChI=1S/C38H54O8/c1-23(2)15-35(39)43-31-13-11-29(21-33(31)45-37(41)17-25(5)6)19-27(9)28(10)20-30-12-14-32(44-36(40)16-24(3)4)34(22-30)46-38(42)18-26(7)8/h11-14,21-28H,15-20H2,1-10H3/t27-,28+. The zero-order valence-electron chi connectivity index (χ0n) is 29.4. The van der Waals surface area contributed by atoms with Gasteiger partial charge in [-0.2, -0.15) is 0 Å². The minimum absolute atomic E-state index is 0.129. The fraction of sp³-hybridized carbons (Fsp3) is 0.579. The van der Waals surface area contributed by atoms with E-state index in [1.807, 2.05) is 67.5 Å². The van der Waals surface area contributed by atoms with E-state index in [2.05, 4.69) is 13.8 Å². The van der Waals surface area contributed by atoms with E-state index in [-0.39, 0.29) is 108 Å². The van der Waals surface area contributed by atoms with E-state index >= 15 is 0 Å². The number of carbonyl (C=O) groups is 4. The number of benzene rings is 2. The Hall–Kier alpha value is -3.68. The van der Waals surface area contributed by atoms with Crippen molar-refractivity contribution in [1.82, 2.24) is 0 Å². The summed E-state index contributed by atoms with van der Waals surface area (Å²) in [5.74, 6) is 0.423. The molecule has 46 heavy (non-hydrogen) atoms. The number of carbonyl (C=O) groups excluding carboxylic acids is 4. The molecule has 0 heterocycles. The molecule has 0 aromatic heterocycles. The summed E-state index contributed by atoms with van der Waals surface area (Å²) >= 11 is 0. The van der Waals surface area contributed by atoms with Crippen LogP contribution in [0.4, 0.5) is 0 Å². The second-order valence-corrected chi connectivity index (χ2v) is 14.2. The lowest BCUT2D eigenvalue weighted by atomic mass is 9.85. The molecule has 0 saturated carbocycles. The largest absolute Gasteiger partial charge is 0.423 e. The first-order valence-electron chi connectivity index (χ1n) is 16.6. The Balaban J connectivity index is 2.24. The first-order valence-corrected chi connectivity index (χ1v) is 16.6. The molecule has 2 atom stereocenters. The lowest BCUT2D eigenvalue weighted by Gasteiger charge is -2.22. The van der Waals surface area contributed by atoms with E-state index in [9.17, 15) is 19.2 Å². The lowest BCUT2D eigenvalue weighted by Crippen LogP contribution is -2.16. The molecule has 8 nitrogen and oxygen atoms in total. The molecule has 2 rings (SSSR count). The molecule has 8 heteroatoms. The molecule has 0 radical (unpaired) electrons. The number of ether oxygens (including phenoxy) is 4. The number of hydrogen-bond donors (Lipinski definition) is 0. The van der Waals surface area contributed by atoms with Gasteiger partial charge in [0.25, 0.3) is 0 Å². The van der Waals surface area contributed by atoms with Crippen LogP contribution < -0.4 is 18.9 Å². The Labute approximate surface area is 275 Å². The predicted molar refractivity (Wildman–Crippen MR) is 179 cm³/mol. The van der Waals surface area contributed by atoms with Crippen molar-refractivity contribution in [3.63, 3.8) is 0 Å². The second-order valence-electron chi connectivity index (χ2n) is 14.2. The summed E-state index contributed by atoms with van der Waals surface area (Å²) in [4.78, 5) is 49.9. The SMILES string of the molecule is CC(C)CC(=O)Oc1ccc(C[C@@H](C)[C@@H](C)Cc2ccc(OC(=O)CC(C)C)c(OC(=O)CC(C)C)c2)cc1OC(=O)CC(C)C. The van der Waals surface area contributed by atoms with Gasteiger partial charge in [-0.25, -0.2) is 0 Å². The lowest BCUT2D eigenvalue weighted by molar-refractivity contribution is -0.138. The number of hydrogen-bond acceptors (Lipinski definition) is 8. The van der Waals surface area contributed by atoms with Crippen molar-refractivity contribution in [1.29, 1.82) is 0 Å². The molecule has 0 unspecified atom stereocenters. The van der Waals surface area contributed by atoms with Gasteiger partial charge >= 0.3 is 23.9 Å². The van der Waals surface area contributed by atoms with E-state index in [4.69, 9.17) is 18.9 Å². The minimum Gasteiger partial charge on any atom is -0.423 e. The molecule has 0 bridgehead atoms. The molecule has 2 aromatic rings. The van der Waals surface area contributed by atoms with Crippen molar-refractivity contribution in [2.24, 2.45) is 35.5 Å². The van der Waals surface area contributed by atoms with Crippen molar-refractivity contribution < 1.29 is 38.1 Å². The molecule has 254 valence electrons. The average Bonchev–Trinajstić information content (AvgIpc) is 2.89. The average molecular weight is 639 g/mol. The van der Waals surface area contributed by atoms with Crippen LogP contribution in [-0.2, 0) is 32.0 Å². The molecule has 0 aliphatic heterocycles. The first kappa shape index (κ1) is 38.5. The van der Waals surface area contributed by atoms with E-state index in [0.29, 0.717) is 12.8 Å². The van der Waals surface area contributed by atoms with Crippen LogP contribution >= 0.6 is 0 Å². The molecule has 0 amide bonds. The van der Waals surface area contributed by atoms with Crippen molar-refractivity contribution in [3.05, 3.63) is 47.5 Å². The van der Waals surface area contributed by atoms with Gasteiger partial charge in [-0.05, 0) is 83.7 Å². The second kappa shape index (κ2) is 18.5. The molecule has 0 aliphatic carbocycles. The van der Waals surface area contributed by atoms with Gasteiger partial charge in [0.2, 0.25) is 0 Å².